The molecule has 9 atom stereocenters. The zero-order valence-electron chi connectivity index (χ0n) is 21.8. The van der Waals surface area contributed by atoms with E-state index < -0.39 is 0 Å². The van der Waals surface area contributed by atoms with Crippen LogP contribution < -0.4 is 0 Å². The van der Waals surface area contributed by atoms with E-state index in [2.05, 4.69) is 41.5 Å². The van der Waals surface area contributed by atoms with Crippen LogP contribution in [-0.2, 0) is 4.79 Å². The second-order valence-electron chi connectivity index (χ2n) is 13.3. The van der Waals surface area contributed by atoms with Gasteiger partial charge in [-0.3, -0.25) is 4.79 Å². The molecule has 0 radical (unpaired) electrons. The van der Waals surface area contributed by atoms with Crippen molar-refractivity contribution in [2.75, 3.05) is 0 Å². The van der Waals surface area contributed by atoms with Crippen molar-refractivity contribution in [2.24, 2.45) is 58.2 Å². The molecule has 0 amide bonds. The van der Waals surface area contributed by atoms with Crippen molar-refractivity contribution in [3.8, 4) is 0 Å². The van der Waals surface area contributed by atoms with E-state index in [1.807, 2.05) is 0 Å². The van der Waals surface area contributed by atoms with E-state index in [0.29, 0.717) is 23.3 Å². The first-order chi connectivity index (χ1) is 15.2. The third-order valence-corrected chi connectivity index (χ3v) is 11.8. The normalized spacial score (nSPS) is 44.8. The highest BCUT2D eigenvalue weighted by Gasteiger charge is 2.61. The van der Waals surface area contributed by atoms with Crippen molar-refractivity contribution in [3.63, 3.8) is 0 Å². The van der Waals surface area contributed by atoms with Crippen molar-refractivity contribution in [2.45, 2.75) is 112 Å². The molecular formula is C30H50O2. The number of rotatable bonds is 6. The predicted octanol–water partition coefficient (Wildman–Crippen LogP) is 8.36. The second kappa shape index (κ2) is 9.10. The van der Waals surface area contributed by atoms with Gasteiger partial charge >= 0.3 is 0 Å². The van der Waals surface area contributed by atoms with E-state index in [4.69, 9.17) is 0 Å². The van der Waals surface area contributed by atoms with E-state index in [1.165, 1.54) is 57.8 Å². The summed E-state index contributed by atoms with van der Waals surface area (Å²) in [4.78, 5) is 12.5. The molecular weight excluding hydrogens is 392 g/mol. The molecule has 4 saturated carbocycles. The van der Waals surface area contributed by atoms with Crippen LogP contribution in [0.1, 0.15) is 112 Å². The van der Waals surface area contributed by atoms with E-state index in [9.17, 15) is 9.90 Å². The molecule has 0 heterocycles. The molecule has 0 aromatic carbocycles. The molecule has 4 fully saturated rings. The number of aliphatic hydroxyl groups is 1. The minimum Gasteiger partial charge on any atom is -0.515 e. The Labute approximate surface area is 198 Å². The zero-order chi connectivity index (χ0) is 23.3. The molecule has 2 nitrogen and oxygen atoms in total. The number of carbonyl (C=O) groups excluding carboxylic acids is 1. The molecule has 182 valence electrons. The fourth-order valence-electron chi connectivity index (χ4n) is 9.79. The average molecular weight is 443 g/mol. The summed E-state index contributed by atoms with van der Waals surface area (Å²) in [5, 5.41) is 9.71. The number of hydrogen-bond donors (Lipinski definition) is 1. The summed E-state index contributed by atoms with van der Waals surface area (Å²) in [6.07, 6.45) is 14.9. The van der Waals surface area contributed by atoms with Gasteiger partial charge in [-0.1, -0.05) is 54.4 Å². The Hall–Kier alpha value is -0.790. The molecule has 1 N–H and O–H groups in total. The lowest BCUT2D eigenvalue weighted by atomic mass is 9.44. The maximum atomic E-state index is 12.5. The van der Waals surface area contributed by atoms with Crippen molar-refractivity contribution >= 4 is 5.78 Å². The van der Waals surface area contributed by atoms with Crippen LogP contribution in [-0.4, -0.2) is 10.9 Å². The van der Waals surface area contributed by atoms with Crippen molar-refractivity contribution < 1.29 is 9.90 Å². The van der Waals surface area contributed by atoms with Crippen LogP contribution >= 0.6 is 0 Å². The average Bonchev–Trinajstić information content (AvgIpc) is 3.11. The molecule has 2 heteroatoms. The van der Waals surface area contributed by atoms with Gasteiger partial charge in [-0.15, -0.1) is 0 Å². The molecule has 0 spiro atoms. The lowest BCUT2D eigenvalue weighted by Crippen LogP contribution is -2.54. The summed E-state index contributed by atoms with van der Waals surface area (Å²) in [5.41, 5.74) is 1.43. The van der Waals surface area contributed by atoms with Crippen LogP contribution in [0.5, 0.6) is 0 Å². The van der Waals surface area contributed by atoms with Gasteiger partial charge in [0.15, 0.2) is 5.78 Å². The highest BCUT2D eigenvalue weighted by molar-refractivity contribution is 5.96. The van der Waals surface area contributed by atoms with Gasteiger partial charge in [-0.05, 0) is 110 Å². The Bertz CT molecular complexity index is 722. The fraction of sp³-hybridized carbons (Fsp3) is 0.900. The van der Waals surface area contributed by atoms with E-state index >= 15 is 0 Å². The summed E-state index contributed by atoms with van der Waals surface area (Å²) in [6, 6.07) is 0. The van der Waals surface area contributed by atoms with Gasteiger partial charge < -0.3 is 5.11 Å². The summed E-state index contributed by atoms with van der Waals surface area (Å²) < 4.78 is 0. The molecule has 0 aliphatic heterocycles. The van der Waals surface area contributed by atoms with Gasteiger partial charge in [-0.25, -0.2) is 0 Å². The maximum absolute atomic E-state index is 12.5. The Morgan fingerprint density at radius 1 is 1.00 bits per heavy atom. The highest BCUT2D eigenvalue weighted by atomic mass is 16.2. The molecule has 0 aromatic heterocycles. The zero-order valence-corrected chi connectivity index (χ0v) is 21.8. The lowest BCUT2D eigenvalue weighted by Gasteiger charge is -2.60. The van der Waals surface area contributed by atoms with Crippen molar-refractivity contribution in [1.82, 2.24) is 0 Å². The number of Topliss-reactive ketones (excluding diaryl/α,β-unsaturated/α-hetero) is 1. The van der Waals surface area contributed by atoms with Crippen molar-refractivity contribution in [3.05, 3.63) is 11.8 Å². The van der Waals surface area contributed by atoms with E-state index in [-0.39, 0.29) is 11.2 Å². The van der Waals surface area contributed by atoms with Crippen LogP contribution in [0.4, 0.5) is 0 Å². The standard InChI is InChI=1S/C30H50O2/c1-7-21(19(2)3)9-8-20(4)25-12-13-26-24-11-10-23-16-28(32)22(18-31)17-30(23,6)27(24)14-15-29(25,26)5/h18-21,23-27,31H,7-17H2,1-6H3/b22-18-/t20-,21-,23+,24+,25-,26+,27+,29-,30+/m1/s1. The van der Waals surface area contributed by atoms with Gasteiger partial charge in [0.05, 0.1) is 6.26 Å². The molecule has 0 saturated heterocycles. The van der Waals surface area contributed by atoms with Gasteiger partial charge in [0.2, 0.25) is 0 Å². The summed E-state index contributed by atoms with van der Waals surface area (Å²) in [6.45, 7) is 14.9. The monoisotopic (exact) mass is 442 g/mol. The van der Waals surface area contributed by atoms with E-state index in [0.717, 1.165) is 54.1 Å². The van der Waals surface area contributed by atoms with Gasteiger partial charge in [-0.2, -0.15) is 0 Å². The predicted molar refractivity (Wildman–Crippen MR) is 133 cm³/mol. The fourth-order valence-corrected chi connectivity index (χ4v) is 9.79. The lowest BCUT2D eigenvalue weighted by molar-refractivity contribution is -0.133. The Balaban J connectivity index is 1.48. The quantitative estimate of drug-likeness (QED) is 0.331. The topological polar surface area (TPSA) is 37.3 Å². The molecule has 0 aromatic rings. The molecule has 4 aliphatic rings. The Kier molecular flexibility index (Phi) is 6.92. The molecule has 32 heavy (non-hydrogen) atoms. The second-order valence-corrected chi connectivity index (χ2v) is 13.3. The number of carbonyl (C=O) groups is 1. The minimum atomic E-state index is 0.204. The number of hydrogen-bond acceptors (Lipinski definition) is 2. The third kappa shape index (κ3) is 3.90. The molecule has 0 unspecified atom stereocenters. The first kappa shape index (κ1) is 24.3. The maximum Gasteiger partial charge on any atom is 0.162 e. The summed E-state index contributed by atoms with van der Waals surface area (Å²) in [5.74, 6) is 6.61. The van der Waals surface area contributed by atoms with Crippen LogP contribution in [0.25, 0.3) is 0 Å². The SMILES string of the molecule is CC[C@H](CC[C@@H](C)[C@H]1CC[C@H]2[C@@H]3CC[C@H]4CC(=O)/C(=C\O)C[C@]4(C)[C@H]3CC[C@]12C)C(C)C. The van der Waals surface area contributed by atoms with Crippen LogP contribution in [0, 0.1) is 58.2 Å². The molecule has 4 rings (SSSR count). The number of ketones is 1. The van der Waals surface area contributed by atoms with Gasteiger partial charge in [0.1, 0.15) is 0 Å². The van der Waals surface area contributed by atoms with Gasteiger partial charge in [0.25, 0.3) is 0 Å². The smallest absolute Gasteiger partial charge is 0.162 e. The number of aliphatic hydroxyl groups excluding tert-OH is 1. The summed E-state index contributed by atoms with van der Waals surface area (Å²) >= 11 is 0. The summed E-state index contributed by atoms with van der Waals surface area (Å²) in [7, 11) is 0. The largest absolute Gasteiger partial charge is 0.515 e. The van der Waals surface area contributed by atoms with Crippen LogP contribution in [0.2, 0.25) is 0 Å². The van der Waals surface area contributed by atoms with Crippen LogP contribution in [0.15, 0.2) is 11.8 Å². The molecule has 0 bridgehead atoms. The Morgan fingerprint density at radius 3 is 2.38 bits per heavy atom. The molecule has 4 aliphatic carbocycles. The third-order valence-electron chi connectivity index (χ3n) is 11.8. The number of fused-ring (bicyclic) bond motifs is 5. The first-order valence-corrected chi connectivity index (χ1v) is 14.0. The number of allylic oxidation sites excluding steroid dienone is 1. The Morgan fingerprint density at radius 2 is 1.72 bits per heavy atom. The van der Waals surface area contributed by atoms with Crippen molar-refractivity contribution in [1.29, 1.82) is 0 Å². The van der Waals surface area contributed by atoms with E-state index in [1.54, 1.807) is 0 Å². The van der Waals surface area contributed by atoms with Crippen LogP contribution in [0.3, 0.4) is 0 Å². The minimum absolute atomic E-state index is 0.204. The van der Waals surface area contributed by atoms with Gasteiger partial charge in [0, 0.05) is 12.0 Å². The highest BCUT2D eigenvalue weighted by Crippen LogP contribution is 2.68. The first-order valence-electron chi connectivity index (χ1n) is 14.0.